The molecule has 1 heteroatoms. The molecule has 2 aromatic carbocycles. The van der Waals surface area contributed by atoms with Crippen LogP contribution in [-0.4, -0.2) is 3.76 Å². The summed E-state index contributed by atoms with van der Waals surface area (Å²) in [5.74, 6) is 0. The zero-order valence-electron chi connectivity index (χ0n) is 19.1. The standard InChI is InChI=1S/C21H25.C5H5.C2H4.Hf/c1-20(2,3)16-7-9-18-14(12-16)11-15-13-17(21(4,5)6)8-10-19(15)18;1-2-4-5-3-1;1-2;/h7-10,12H,11H2,1-6H3;1-5H;1H,2H3;. The van der Waals surface area contributed by atoms with E-state index in [2.05, 4.69) is 107 Å². The second kappa shape index (κ2) is 7.41. The van der Waals surface area contributed by atoms with Gasteiger partial charge in [0.1, 0.15) is 0 Å². The fourth-order valence-electron chi connectivity index (χ4n) is 4.84. The van der Waals surface area contributed by atoms with Crippen LogP contribution in [0.25, 0.3) is 11.1 Å². The molecule has 2 aromatic rings. The van der Waals surface area contributed by atoms with Gasteiger partial charge in [-0.05, 0) is 0 Å². The van der Waals surface area contributed by atoms with Crippen molar-refractivity contribution in [2.45, 2.75) is 69.4 Å². The van der Waals surface area contributed by atoms with E-state index in [-0.39, 0.29) is 10.8 Å². The van der Waals surface area contributed by atoms with Crippen molar-refractivity contribution in [3.05, 3.63) is 76.9 Å². The molecular formula is C28H34Hf. The van der Waals surface area contributed by atoms with Crippen LogP contribution in [0, 0.1) is 0 Å². The van der Waals surface area contributed by atoms with E-state index in [0.29, 0.717) is 3.67 Å². The Kier molecular flexibility index (Phi) is 5.35. The van der Waals surface area contributed by atoms with Crippen molar-refractivity contribution in [1.29, 1.82) is 0 Å². The molecule has 0 spiro atoms. The molecule has 0 amide bonds. The Morgan fingerprint density at radius 3 is 2.10 bits per heavy atom. The van der Waals surface area contributed by atoms with Gasteiger partial charge in [-0.25, -0.2) is 0 Å². The quantitative estimate of drug-likeness (QED) is 0.308. The van der Waals surface area contributed by atoms with Crippen LogP contribution in [0.3, 0.4) is 0 Å². The number of allylic oxidation sites excluding steroid dienone is 4. The predicted octanol–water partition coefficient (Wildman–Crippen LogP) is 6.83. The molecule has 0 atom stereocenters. The summed E-state index contributed by atoms with van der Waals surface area (Å²) in [5.41, 5.74) is 9.56. The minimum absolute atomic E-state index is 0.181. The van der Waals surface area contributed by atoms with Gasteiger partial charge in [-0.1, -0.05) is 0 Å². The third-order valence-corrected chi connectivity index (χ3v) is 16.8. The summed E-state index contributed by atoms with van der Waals surface area (Å²) in [5, 5.41) is 0. The van der Waals surface area contributed by atoms with Gasteiger partial charge < -0.3 is 0 Å². The van der Waals surface area contributed by atoms with E-state index in [9.17, 15) is 0 Å². The molecule has 0 heterocycles. The third kappa shape index (κ3) is 3.76. The van der Waals surface area contributed by atoms with Crippen molar-refractivity contribution in [3.63, 3.8) is 0 Å². The fraction of sp³-hybridized carbons (Fsp3) is 0.393. The van der Waals surface area contributed by atoms with E-state index >= 15 is 0 Å². The van der Waals surface area contributed by atoms with Crippen molar-refractivity contribution in [3.8, 4) is 11.1 Å². The molecule has 0 nitrogen and oxygen atoms in total. The predicted molar refractivity (Wildman–Crippen MR) is 125 cm³/mol. The molecule has 2 aliphatic carbocycles. The molecule has 0 fully saturated rings. The van der Waals surface area contributed by atoms with Crippen molar-refractivity contribution < 1.29 is 21.0 Å². The topological polar surface area (TPSA) is 0 Å². The summed E-state index contributed by atoms with van der Waals surface area (Å²) in [4.78, 5) is 0. The van der Waals surface area contributed by atoms with E-state index in [1.165, 1.54) is 22.3 Å². The number of hydrogen-bond donors (Lipinski definition) is 0. The number of benzene rings is 2. The van der Waals surface area contributed by atoms with Crippen molar-refractivity contribution >= 4 is 7.08 Å². The van der Waals surface area contributed by atoms with Crippen LogP contribution in [0.2, 0.25) is 3.67 Å². The first kappa shape index (κ1) is 20.9. The third-order valence-electron chi connectivity index (χ3n) is 6.46. The van der Waals surface area contributed by atoms with Gasteiger partial charge in [0.15, 0.2) is 0 Å². The summed E-state index contributed by atoms with van der Waals surface area (Å²) < 4.78 is 5.08. The first-order chi connectivity index (χ1) is 13.6. The normalized spacial score (nSPS) is 16.4. The van der Waals surface area contributed by atoms with Crippen molar-refractivity contribution in [2.75, 3.05) is 0 Å². The molecule has 0 N–H and O–H groups in total. The Morgan fingerprint density at radius 2 is 1.52 bits per heavy atom. The maximum absolute atomic E-state index is 2.63. The van der Waals surface area contributed by atoms with Crippen LogP contribution in [0.5, 0.6) is 0 Å². The average Bonchev–Trinajstić information content (AvgIpc) is 3.28. The molecule has 0 saturated carbocycles. The second-order valence-electron chi connectivity index (χ2n) is 10.6. The van der Waals surface area contributed by atoms with Crippen LogP contribution in [-0.2, 0) is 38.2 Å². The van der Waals surface area contributed by atoms with Crippen molar-refractivity contribution in [1.82, 2.24) is 0 Å². The minimum atomic E-state index is -2.19. The maximum atomic E-state index is 2.63. The van der Waals surface area contributed by atoms with Crippen molar-refractivity contribution in [2.24, 2.45) is 0 Å². The molecule has 0 radical (unpaired) electrons. The summed E-state index contributed by atoms with van der Waals surface area (Å²) in [6.07, 6.45) is 10.5. The summed E-state index contributed by atoms with van der Waals surface area (Å²) >= 11 is -2.19. The molecule has 0 aliphatic heterocycles. The Bertz CT molecular complexity index is 1040. The molecule has 2 aliphatic rings. The first-order valence-corrected chi connectivity index (χ1v) is 16.9. The molecule has 4 rings (SSSR count). The van der Waals surface area contributed by atoms with E-state index in [0.717, 1.165) is 6.42 Å². The Labute approximate surface area is 184 Å². The second-order valence-corrected chi connectivity index (χ2v) is 20.1. The van der Waals surface area contributed by atoms with Gasteiger partial charge in [0.2, 0.25) is 0 Å². The molecule has 0 unspecified atom stereocenters. The van der Waals surface area contributed by atoms with Crippen LogP contribution in [0.1, 0.15) is 70.7 Å². The molecular weight excluding hydrogens is 515 g/mol. The molecule has 0 bridgehead atoms. The molecule has 0 saturated heterocycles. The Balaban J connectivity index is 1.93. The average molecular weight is 549 g/mol. The zero-order chi connectivity index (χ0) is 21.0. The van der Waals surface area contributed by atoms with E-state index in [1.54, 1.807) is 14.4 Å². The zero-order valence-corrected chi connectivity index (χ0v) is 22.7. The van der Waals surface area contributed by atoms with Gasteiger partial charge in [0.05, 0.1) is 0 Å². The van der Waals surface area contributed by atoms with E-state index in [4.69, 9.17) is 0 Å². The summed E-state index contributed by atoms with van der Waals surface area (Å²) in [7, 11) is 0. The number of rotatable bonds is 2. The number of fused-ring (bicyclic) bond motifs is 3. The monoisotopic (exact) mass is 550 g/mol. The Morgan fingerprint density at radius 1 is 0.862 bits per heavy atom. The van der Waals surface area contributed by atoms with Crippen LogP contribution >= 0.6 is 0 Å². The SMILES string of the molecule is C[CH]=[Hf]([c]1c(C(C)(C)C)ccc2c1Cc1cc(C(C)(C)C)ccc1-2)[CH]1C=CC=C1. The Hall–Kier alpha value is -1.34. The van der Waals surface area contributed by atoms with Gasteiger partial charge >= 0.3 is 185 Å². The first-order valence-electron chi connectivity index (χ1n) is 10.9. The number of hydrogen-bond acceptors (Lipinski definition) is 0. The molecule has 150 valence electrons. The van der Waals surface area contributed by atoms with Crippen LogP contribution < -0.4 is 3.32 Å². The van der Waals surface area contributed by atoms with E-state index < -0.39 is 21.0 Å². The van der Waals surface area contributed by atoms with E-state index in [1.807, 2.05) is 0 Å². The molecule has 0 aromatic heterocycles. The van der Waals surface area contributed by atoms with Gasteiger partial charge in [0.25, 0.3) is 0 Å². The van der Waals surface area contributed by atoms with Gasteiger partial charge in [-0.15, -0.1) is 0 Å². The van der Waals surface area contributed by atoms with Gasteiger partial charge in [0, 0.05) is 0 Å². The van der Waals surface area contributed by atoms with Crippen LogP contribution in [0.15, 0.2) is 54.6 Å². The molecule has 29 heavy (non-hydrogen) atoms. The fourth-order valence-corrected chi connectivity index (χ4v) is 15.6. The van der Waals surface area contributed by atoms with Gasteiger partial charge in [-0.2, -0.15) is 0 Å². The summed E-state index contributed by atoms with van der Waals surface area (Å²) in [6.45, 7) is 16.4. The summed E-state index contributed by atoms with van der Waals surface area (Å²) in [6, 6.07) is 12.1. The van der Waals surface area contributed by atoms with Gasteiger partial charge in [-0.3, -0.25) is 0 Å². The van der Waals surface area contributed by atoms with Crippen LogP contribution in [0.4, 0.5) is 0 Å².